The molecule has 1 atom stereocenters. The average molecular weight is 309 g/mol. The monoisotopic (exact) mass is 308 g/mol. The van der Waals surface area contributed by atoms with Gasteiger partial charge in [0, 0.05) is 11.4 Å². The molecule has 0 spiro atoms. The Labute approximate surface area is 127 Å². The molecule has 4 nitrogen and oxygen atoms in total. The molecule has 3 heterocycles. The van der Waals surface area contributed by atoms with Crippen LogP contribution in [0, 0.1) is 6.92 Å². The first-order valence-electron chi connectivity index (χ1n) is 6.71. The van der Waals surface area contributed by atoms with Gasteiger partial charge in [0.05, 0.1) is 17.6 Å². The SMILES string of the molecule is CCn1nc(C)c2nc(C(C)Cl)n(Cc3cccs3)c21. The summed E-state index contributed by atoms with van der Waals surface area (Å²) in [4.78, 5) is 6.01. The largest absolute Gasteiger partial charge is 0.306 e. The van der Waals surface area contributed by atoms with Crippen LogP contribution in [0.1, 0.15) is 35.6 Å². The summed E-state index contributed by atoms with van der Waals surface area (Å²) in [7, 11) is 0. The molecule has 0 aliphatic heterocycles. The van der Waals surface area contributed by atoms with E-state index in [1.165, 1.54) is 4.88 Å². The minimum absolute atomic E-state index is 0.118. The molecule has 0 aromatic carbocycles. The summed E-state index contributed by atoms with van der Waals surface area (Å²) in [6, 6.07) is 4.21. The predicted molar refractivity (Wildman–Crippen MR) is 83.6 cm³/mol. The molecule has 106 valence electrons. The van der Waals surface area contributed by atoms with E-state index in [1.807, 2.05) is 18.5 Å². The summed E-state index contributed by atoms with van der Waals surface area (Å²) in [6.45, 7) is 7.69. The minimum Gasteiger partial charge on any atom is -0.306 e. The molecule has 0 saturated carbocycles. The predicted octanol–water partition coefficient (Wildman–Crippen LogP) is 3.97. The number of aryl methyl sites for hydroxylation is 2. The molecule has 0 radical (unpaired) electrons. The molecule has 3 rings (SSSR count). The van der Waals surface area contributed by atoms with Gasteiger partial charge in [0.25, 0.3) is 0 Å². The van der Waals surface area contributed by atoms with Crippen molar-refractivity contribution >= 4 is 34.1 Å². The maximum Gasteiger partial charge on any atom is 0.159 e. The zero-order chi connectivity index (χ0) is 14.3. The molecule has 3 aromatic heterocycles. The van der Waals surface area contributed by atoms with Gasteiger partial charge in [-0.3, -0.25) is 0 Å². The van der Waals surface area contributed by atoms with Gasteiger partial charge < -0.3 is 4.57 Å². The van der Waals surface area contributed by atoms with E-state index < -0.39 is 0 Å². The lowest BCUT2D eigenvalue weighted by atomic mass is 10.4. The number of halogens is 1. The molecule has 20 heavy (non-hydrogen) atoms. The van der Waals surface area contributed by atoms with E-state index in [2.05, 4.69) is 34.1 Å². The van der Waals surface area contributed by atoms with Crippen LogP contribution in [0.15, 0.2) is 17.5 Å². The van der Waals surface area contributed by atoms with Gasteiger partial charge in [0.2, 0.25) is 0 Å². The van der Waals surface area contributed by atoms with Crippen molar-refractivity contribution in [3.63, 3.8) is 0 Å². The van der Waals surface area contributed by atoms with Crippen molar-refractivity contribution in [1.29, 1.82) is 0 Å². The van der Waals surface area contributed by atoms with Gasteiger partial charge in [0.1, 0.15) is 11.3 Å². The number of imidazole rings is 1. The maximum atomic E-state index is 6.32. The van der Waals surface area contributed by atoms with E-state index >= 15 is 0 Å². The van der Waals surface area contributed by atoms with Crippen molar-refractivity contribution in [2.75, 3.05) is 0 Å². The molecule has 0 bridgehead atoms. The van der Waals surface area contributed by atoms with E-state index in [0.29, 0.717) is 0 Å². The molecule has 0 saturated heterocycles. The lowest BCUT2D eigenvalue weighted by Gasteiger charge is -2.10. The summed E-state index contributed by atoms with van der Waals surface area (Å²) >= 11 is 8.06. The molecule has 0 N–H and O–H groups in total. The van der Waals surface area contributed by atoms with Crippen molar-refractivity contribution < 1.29 is 0 Å². The smallest absolute Gasteiger partial charge is 0.159 e. The summed E-state index contributed by atoms with van der Waals surface area (Å²) < 4.78 is 4.20. The Bertz CT molecular complexity index is 724. The topological polar surface area (TPSA) is 35.6 Å². The third-order valence-corrected chi connectivity index (χ3v) is 4.43. The van der Waals surface area contributed by atoms with Gasteiger partial charge in [-0.2, -0.15) is 5.10 Å². The lowest BCUT2D eigenvalue weighted by Crippen LogP contribution is -2.09. The second-order valence-electron chi connectivity index (χ2n) is 4.82. The van der Waals surface area contributed by atoms with Gasteiger partial charge in [-0.1, -0.05) is 6.07 Å². The Kier molecular flexibility index (Phi) is 3.56. The molecule has 0 amide bonds. The number of nitrogens with zero attached hydrogens (tertiary/aromatic N) is 4. The number of fused-ring (bicyclic) bond motifs is 1. The molecule has 0 aliphatic carbocycles. The van der Waals surface area contributed by atoms with E-state index in [-0.39, 0.29) is 5.38 Å². The van der Waals surface area contributed by atoms with E-state index in [9.17, 15) is 0 Å². The van der Waals surface area contributed by atoms with Gasteiger partial charge in [-0.25, -0.2) is 9.67 Å². The number of aromatic nitrogens is 4. The highest BCUT2D eigenvalue weighted by molar-refractivity contribution is 7.09. The Balaban J connectivity index is 2.22. The van der Waals surface area contributed by atoms with Crippen LogP contribution in [-0.2, 0) is 13.1 Å². The minimum atomic E-state index is -0.118. The van der Waals surface area contributed by atoms with Crippen LogP contribution in [0.4, 0.5) is 0 Å². The summed E-state index contributed by atoms with van der Waals surface area (Å²) in [5, 5.41) is 6.53. The van der Waals surface area contributed by atoms with Crippen LogP contribution >= 0.6 is 22.9 Å². The van der Waals surface area contributed by atoms with Crippen LogP contribution in [0.2, 0.25) is 0 Å². The van der Waals surface area contributed by atoms with Crippen molar-refractivity contribution in [3.05, 3.63) is 33.9 Å². The Morgan fingerprint density at radius 2 is 2.25 bits per heavy atom. The normalized spacial score (nSPS) is 13.2. The fourth-order valence-electron chi connectivity index (χ4n) is 2.48. The van der Waals surface area contributed by atoms with Crippen LogP contribution < -0.4 is 0 Å². The summed E-state index contributed by atoms with van der Waals surface area (Å²) in [6.07, 6.45) is 0. The molecular formula is C14H17ClN4S. The quantitative estimate of drug-likeness (QED) is 0.684. The third-order valence-electron chi connectivity index (χ3n) is 3.38. The summed E-state index contributed by atoms with van der Waals surface area (Å²) in [5.74, 6) is 0.915. The van der Waals surface area contributed by atoms with Crippen LogP contribution in [0.5, 0.6) is 0 Å². The van der Waals surface area contributed by atoms with Crippen molar-refractivity contribution in [3.8, 4) is 0 Å². The molecule has 0 aliphatic rings. The number of alkyl halides is 1. The fraction of sp³-hybridized carbons (Fsp3) is 0.429. The van der Waals surface area contributed by atoms with Crippen molar-refractivity contribution in [2.24, 2.45) is 0 Å². The van der Waals surface area contributed by atoms with Crippen LogP contribution in [0.3, 0.4) is 0 Å². The summed E-state index contributed by atoms with van der Waals surface area (Å²) in [5.41, 5.74) is 3.00. The first kappa shape index (κ1) is 13.6. The zero-order valence-electron chi connectivity index (χ0n) is 11.8. The molecule has 6 heteroatoms. The number of hydrogen-bond acceptors (Lipinski definition) is 3. The van der Waals surface area contributed by atoms with Gasteiger partial charge in [-0.05, 0) is 32.2 Å². The van der Waals surface area contributed by atoms with Crippen LogP contribution in [0.25, 0.3) is 11.2 Å². The van der Waals surface area contributed by atoms with Gasteiger partial charge >= 0.3 is 0 Å². The first-order valence-corrected chi connectivity index (χ1v) is 8.03. The zero-order valence-corrected chi connectivity index (χ0v) is 13.4. The third kappa shape index (κ3) is 2.15. The second-order valence-corrected chi connectivity index (χ2v) is 6.51. The lowest BCUT2D eigenvalue weighted by molar-refractivity contribution is 0.635. The maximum absolute atomic E-state index is 6.32. The van der Waals surface area contributed by atoms with Gasteiger partial charge in [-0.15, -0.1) is 22.9 Å². The van der Waals surface area contributed by atoms with E-state index in [4.69, 9.17) is 16.6 Å². The Morgan fingerprint density at radius 3 is 2.85 bits per heavy atom. The van der Waals surface area contributed by atoms with Gasteiger partial charge in [0.15, 0.2) is 5.65 Å². The highest BCUT2D eigenvalue weighted by Crippen LogP contribution is 2.28. The molecule has 0 fully saturated rings. The highest BCUT2D eigenvalue weighted by Gasteiger charge is 2.21. The first-order chi connectivity index (χ1) is 9.61. The van der Waals surface area contributed by atoms with E-state index in [0.717, 1.165) is 35.8 Å². The fourth-order valence-corrected chi connectivity index (χ4v) is 3.34. The number of hydrogen-bond donors (Lipinski definition) is 0. The Hall–Kier alpha value is -1.33. The standard InChI is InChI=1S/C14H17ClN4S/c1-4-19-14-12(10(3)17-19)16-13(9(2)15)18(14)8-11-6-5-7-20-11/h5-7,9H,4,8H2,1-3H3. The van der Waals surface area contributed by atoms with Crippen LogP contribution in [-0.4, -0.2) is 19.3 Å². The van der Waals surface area contributed by atoms with E-state index in [1.54, 1.807) is 11.3 Å². The number of thiophene rings is 1. The Morgan fingerprint density at radius 1 is 1.45 bits per heavy atom. The van der Waals surface area contributed by atoms with Crippen molar-refractivity contribution in [1.82, 2.24) is 19.3 Å². The number of rotatable bonds is 4. The molecule has 1 unspecified atom stereocenters. The second kappa shape index (κ2) is 5.22. The highest BCUT2D eigenvalue weighted by atomic mass is 35.5. The van der Waals surface area contributed by atoms with Crippen molar-refractivity contribution in [2.45, 2.75) is 39.2 Å². The molecule has 3 aromatic rings. The average Bonchev–Trinajstić information content (AvgIpc) is 3.09. The molecular weight excluding hydrogens is 292 g/mol.